The van der Waals surface area contributed by atoms with Crippen molar-refractivity contribution in [3.05, 3.63) is 37.9 Å². The molecule has 0 unspecified atom stereocenters. The zero-order valence-corrected chi connectivity index (χ0v) is 10.4. The smallest absolute Gasteiger partial charge is 0.300 e. The van der Waals surface area contributed by atoms with Crippen LogP contribution in [0.15, 0.2) is 12.1 Å². The SMILES string of the molecule is O=C(C1CC1)N1CCc2cc([N+](=O)[O-])cc([N+](=O)[O-])c21. The number of hydrogen-bond acceptors (Lipinski definition) is 5. The summed E-state index contributed by atoms with van der Waals surface area (Å²) in [6.07, 6.45) is 2.03. The zero-order valence-electron chi connectivity index (χ0n) is 10.4. The summed E-state index contributed by atoms with van der Waals surface area (Å²) in [7, 11) is 0. The highest BCUT2D eigenvalue weighted by atomic mass is 16.6. The van der Waals surface area contributed by atoms with Gasteiger partial charge in [0.25, 0.3) is 11.4 Å². The van der Waals surface area contributed by atoms with Gasteiger partial charge in [-0.25, -0.2) is 0 Å². The third-order valence-corrected chi connectivity index (χ3v) is 3.63. The average Bonchev–Trinajstić information content (AvgIpc) is 3.16. The lowest BCUT2D eigenvalue weighted by Crippen LogP contribution is -2.30. The number of non-ortho nitro benzene ring substituents is 1. The predicted molar refractivity (Wildman–Crippen MR) is 68.5 cm³/mol. The number of nitrogens with zero attached hydrogens (tertiary/aromatic N) is 3. The molecule has 1 aliphatic heterocycles. The van der Waals surface area contributed by atoms with E-state index in [0.717, 1.165) is 18.9 Å². The highest BCUT2D eigenvalue weighted by Gasteiger charge is 2.40. The summed E-state index contributed by atoms with van der Waals surface area (Å²) >= 11 is 0. The van der Waals surface area contributed by atoms with E-state index in [2.05, 4.69) is 0 Å². The Morgan fingerprint density at radius 1 is 1.20 bits per heavy atom. The van der Waals surface area contributed by atoms with E-state index in [4.69, 9.17) is 0 Å². The van der Waals surface area contributed by atoms with Crippen LogP contribution in [0, 0.1) is 26.1 Å². The summed E-state index contributed by atoms with van der Waals surface area (Å²) in [5, 5.41) is 21.9. The maximum atomic E-state index is 12.1. The fourth-order valence-corrected chi connectivity index (χ4v) is 2.52. The molecule has 0 N–H and O–H groups in total. The molecule has 0 spiro atoms. The summed E-state index contributed by atoms with van der Waals surface area (Å²) in [6.45, 7) is 0.354. The van der Waals surface area contributed by atoms with Crippen LogP contribution >= 0.6 is 0 Å². The number of rotatable bonds is 3. The van der Waals surface area contributed by atoms with Crippen LogP contribution in [0.3, 0.4) is 0 Å². The number of amides is 1. The zero-order chi connectivity index (χ0) is 14.4. The molecule has 20 heavy (non-hydrogen) atoms. The van der Waals surface area contributed by atoms with Crippen molar-refractivity contribution in [2.45, 2.75) is 19.3 Å². The number of nitro groups is 2. The average molecular weight is 277 g/mol. The van der Waals surface area contributed by atoms with Crippen molar-refractivity contribution in [1.29, 1.82) is 0 Å². The lowest BCUT2D eigenvalue weighted by Gasteiger charge is -2.16. The van der Waals surface area contributed by atoms with Crippen molar-refractivity contribution < 1.29 is 14.6 Å². The number of benzene rings is 1. The summed E-state index contributed by atoms with van der Waals surface area (Å²) in [6, 6.07) is 2.25. The van der Waals surface area contributed by atoms with Gasteiger partial charge in [0, 0.05) is 18.5 Å². The fourth-order valence-electron chi connectivity index (χ4n) is 2.52. The van der Waals surface area contributed by atoms with Crippen LogP contribution in [0.2, 0.25) is 0 Å². The fraction of sp³-hybridized carbons (Fsp3) is 0.417. The van der Waals surface area contributed by atoms with Crippen molar-refractivity contribution in [2.75, 3.05) is 11.4 Å². The number of fused-ring (bicyclic) bond motifs is 1. The first-order chi connectivity index (χ1) is 9.49. The third kappa shape index (κ3) is 1.89. The van der Waals surface area contributed by atoms with Gasteiger partial charge in [0.1, 0.15) is 5.69 Å². The summed E-state index contributed by atoms with van der Waals surface area (Å²) in [5.74, 6) is -0.156. The van der Waals surface area contributed by atoms with Gasteiger partial charge in [-0.15, -0.1) is 0 Å². The minimum Gasteiger partial charge on any atom is -0.306 e. The van der Waals surface area contributed by atoms with Crippen LogP contribution in [0.4, 0.5) is 17.1 Å². The van der Waals surface area contributed by atoms with Crippen molar-refractivity contribution in [3.63, 3.8) is 0 Å². The molecule has 0 bridgehead atoms. The second kappa shape index (κ2) is 4.26. The summed E-state index contributed by atoms with van der Waals surface area (Å²) < 4.78 is 0. The van der Waals surface area contributed by atoms with Crippen molar-refractivity contribution >= 4 is 23.0 Å². The van der Waals surface area contributed by atoms with E-state index >= 15 is 0 Å². The van der Waals surface area contributed by atoms with E-state index in [1.54, 1.807) is 0 Å². The molecule has 104 valence electrons. The maximum absolute atomic E-state index is 12.1. The monoisotopic (exact) mass is 277 g/mol. The summed E-state index contributed by atoms with van der Waals surface area (Å²) in [5.41, 5.74) is 0.0641. The van der Waals surface area contributed by atoms with E-state index in [0.29, 0.717) is 18.5 Å². The third-order valence-electron chi connectivity index (χ3n) is 3.63. The highest BCUT2D eigenvalue weighted by molar-refractivity contribution is 6.00. The van der Waals surface area contributed by atoms with Crippen molar-refractivity contribution in [2.24, 2.45) is 5.92 Å². The van der Waals surface area contributed by atoms with Crippen LogP contribution in [0.1, 0.15) is 18.4 Å². The van der Waals surface area contributed by atoms with Gasteiger partial charge < -0.3 is 4.90 Å². The molecular weight excluding hydrogens is 266 g/mol. The Morgan fingerprint density at radius 2 is 1.90 bits per heavy atom. The first-order valence-corrected chi connectivity index (χ1v) is 6.26. The number of carbonyl (C=O) groups excluding carboxylic acids is 1. The molecule has 2 aliphatic rings. The Balaban J connectivity index is 2.10. The normalized spacial score (nSPS) is 16.9. The molecule has 1 aromatic rings. The molecule has 0 atom stereocenters. The Bertz CT molecular complexity index is 638. The highest BCUT2D eigenvalue weighted by Crippen LogP contribution is 2.43. The standard InChI is InChI=1S/C12H11N3O5/c16-12(7-1-2-7)13-4-3-8-5-9(14(17)18)6-10(11(8)13)15(19)20/h5-7H,1-4H2. The van der Waals surface area contributed by atoms with Crippen LogP contribution in [0.5, 0.6) is 0 Å². The van der Waals surface area contributed by atoms with Crippen LogP contribution < -0.4 is 4.90 Å². The molecule has 0 saturated heterocycles. The molecular formula is C12H11N3O5. The molecule has 0 aromatic heterocycles. The first kappa shape index (κ1) is 12.5. The van der Waals surface area contributed by atoms with E-state index in [1.807, 2.05) is 0 Å². The Hall–Kier alpha value is -2.51. The molecule has 1 amide bonds. The molecule has 1 aromatic carbocycles. The second-order valence-electron chi connectivity index (χ2n) is 5.00. The van der Waals surface area contributed by atoms with E-state index < -0.39 is 9.85 Å². The van der Waals surface area contributed by atoms with Crippen molar-refractivity contribution in [1.82, 2.24) is 0 Å². The Morgan fingerprint density at radius 3 is 2.45 bits per heavy atom. The van der Waals surface area contributed by atoms with Gasteiger partial charge in [-0.1, -0.05) is 0 Å². The molecule has 1 fully saturated rings. The topological polar surface area (TPSA) is 107 Å². The minimum absolute atomic E-state index is 0.0456. The lowest BCUT2D eigenvalue weighted by molar-refractivity contribution is -0.393. The number of nitro benzene ring substituents is 2. The molecule has 8 heteroatoms. The van der Waals surface area contributed by atoms with Gasteiger partial charge in [0.2, 0.25) is 5.91 Å². The van der Waals surface area contributed by atoms with Gasteiger partial charge in [0.05, 0.1) is 15.9 Å². The van der Waals surface area contributed by atoms with Gasteiger partial charge in [0.15, 0.2) is 0 Å². The van der Waals surface area contributed by atoms with E-state index in [9.17, 15) is 25.0 Å². The quantitative estimate of drug-likeness (QED) is 0.618. The predicted octanol–water partition coefficient (Wildman–Crippen LogP) is 1.80. The van der Waals surface area contributed by atoms with Crippen molar-refractivity contribution in [3.8, 4) is 0 Å². The molecule has 0 radical (unpaired) electrons. The molecule has 1 heterocycles. The molecule has 1 saturated carbocycles. The molecule has 1 aliphatic carbocycles. The van der Waals surface area contributed by atoms with E-state index in [-0.39, 0.29) is 28.9 Å². The molecule has 3 rings (SSSR count). The minimum atomic E-state index is -0.662. The largest absolute Gasteiger partial charge is 0.306 e. The van der Waals surface area contributed by atoms with Gasteiger partial charge >= 0.3 is 0 Å². The van der Waals surface area contributed by atoms with Gasteiger partial charge in [-0.05, 0) is 24.8 Å². The second-order valence-corrected chi connectivity index (χ2v) is 5.00. The van der Waals surface area contributed by atoms with Crippen LogP contribution in [-0.2, 0) is 11.2 Å². The van der Waals surface area contributed by atoms with Gasteiger partial charge in [-0.2, -0.15) is 0 Å². The number of carbonyl (C=O) groups is 1. The lowest BCUT2D eigenvalue weighted by atomic mass is 10.1. The summed E-state index contributed by atoms with van der Waals surface area (Å²) in [4.78, 5) is 34.2. The Labute approximate surface area is 113 Å². The molecule has 8 nitrogen and oxygen atoms in total. The van der Waals surface area contributed by atoms with Crippen LogP contribution in [-0.4, -0.2) is 22.3 Å². The van der Waals surface area contributed by atoms with Crippen LogP contribution in [0.25, 0.3) is 0 Å². The Kier molecular flexibility index (Phi) is 2.66. The van der Waals surface area contributed by atoms with E-state index in [1.165, 1.54) is 11.0 Å². The maximum Gasteiger partial charge on any atom is 0.300 e. The van der Waals surface area contributed by atoms with Gasteiger partial charge in [-0.3, -0.25) is 25.0 Å². The first-order valence-electron chi connectivity index (χ1n) is 6.26. The number of anilines is 1. The number of hydrogen-bond donors (Lipinski definition) is 0.